The molecule has 0 aliphatic carbocycles. The first-order valence-electron chi connectivity index (χ1n) is 6.76. The fraction of sp³-hybridized carbons (Fsp3) is 0.200. The molecule has 8 heteroatoms. The number of hydrogen-bond donors (Lipinski definition) is 1. The number of fused-ring (bicyclic) bond motifs is 1. The number of carbonyl (C=O) groups excluding carboxylic acids is 1. The lowest BCUT2D eigenvalue weighted by Gasteiger charge is -2.17. The second kappa shape index (κ2) is 7.49. The lowest BCUT2D eigenvalue weighted by Crippen LogP contribution is -2.68. The molecule has 2 aromatic rings. The van der Waals surface area contributed by atoms with Crippen LogP contribution >= 0.6 is 0 Å². The summed E-state index contributed by atoms with van der Waals surface area (Å²) in [6.45, 7) is 0.712. The van der Waals surface area contributed by atoms with Gasteiger partial charge in [-0.1, -0.05) is 18.2 Å². The summed E-state index contributed by atoms with van der Waals surface area (Å²) in [5.41, 5.74) is 1.97. The minimum absolute atomic E-state index is 0.111. The van der Waals surface area contributed by atoms with Crippen molar-refractivity contribution in [2.24, 2.45) is 0 Å². The molecule has 1 aliphatic heterocycles. The zero-order valence-electron chi connectivity index (χ0n) is 12.0. The summed E-state index contributed by atoms with van der Waals surface area (Å²) >= 11 is 0. The van der Waals surface area contributed by atoms with Gasteiger partial charge < -0.3 is 5.32 Å². The van der Waals surface area contributed by atoms with Gasteiger partial charge in [-0.15, -0.1) is 10.2 Å². The molecule has 0 bridgehead atoms. The van der Waals surface area contributed by atoms with E-state index in [4.69, 9.17) is 23.1 Å². The fourth-order valence-electron chi connectivity index (χ4n) is 2.17. The molecule has 0 fully saturated rings. The number of hydrogen-bond acceptors (Lipinski definition) is 5. The SMILES string of the molecule is O=C1NCCCc2ccc(-c3ccccc3)[o+]c21.[O-][Cl+3]([O-])([O-])[O-]. The van der Waals surface area contributed by atoms with E-state index in [1.807, 2.05) is 42.5 Å². The molecule has 3 rings (SSSR count). The number of halogens is 1. The van der Waals surface area contributed by atoms with Crippen LogP contribution in [0.2, 0.25) is 0 Å². The topological polar surface area (TPSA) is 133 Å². The molecular weight excluding hydrogens is 326 g/mol. The van der Waals surface area contributed by atoms with Gasteiger partial charge in [0.25, 0.3) is 0 Å². The molecule has 1 N–H and O–H groups in total. The van der Waals surface area contributed by atoms with E-state index in [2.05, 4.69) is 5.32 Å². The molecule has 122 valence electrons. The van der Waals surface area contributed by atoms with Crippen LogP contribution in [0.25, 0.3) is 11.3 Å². The molecule has 0 radical (unpaired) electrons. The molecular formula is C15H14ClNO6. The Hall–Kier alpha value is -2.03. The number of amides is 1. The van der Waals surface area contributed by atoms with Crippen molar-refractivity contribution in [1.82, 2.24) is 5.32 Å². The second-order valence-corrected chi connectivity index (χ2v) is 5.51. The summed E-state index contributed by atoms with van der Waals surface area (Å²) in [6, 6.07) is 13.7. The highest BCUT2D eigenvalue weighted by Crippen LogP contribution is 2.24. The van der Waals surface area contributed by atoms with Gasteiger partial charge in [0.05, 0.1) is 11.1 Å². The van der Waals surface area contributed by atoms with Crippen LogP contribution in [0.3, 0.4) is 0 Å². The van der Waals surface area contributed by atoms with Crippen LogP contribution in [0.4, 0.5) is 0 Å². The maximum atomic E-state index is 11.9. The first-order chi connectivity index (χ1) is 10.8. The molecule has 7 nitrogen and oxygen atoms in total. The molecule has 23 heavy (non-hydrogen) atoms. The van der Waals surface area contributed by atoms with Crippen LogP contribution in [0, 0.1) is 10.2 Å². The van der Waals surface area contributed by atoms with Crippen LogP contribution in [-0.2, 0) is 6.42 Å². The van der Waals surface area contributed by atoms with Gasteiger partial charge in [0, 0.05) is 12.6 Å². The highest BCUT2D eigenvalue weighted by atomic mass is 35.7. The number of nitrogens with one attached hydrogen (secondary N) is 1. The van der Waals surface area contributed by atoms with Crippen LogP contribution in [0.1, 0.15) is 22.5 Å². The number of carbonyl (C=O) groups is 1. The monoisotopic (exact) mass is 339 g/mol. The van der Waals surface area contributed by atoms with Gasteiger partial charge in [-0.2, -0.15) is 0 Å². The molecule has 1 aromatic heterocycles. The van der Waals surface area contributed by atoms with Gasteiger partial charge >= 0.3 is 17.4 Å². The number of aryl methyl sites for hydroxylation is 1. The highest BCUT2D eigenvalue weighted by Gasteiger charge is 2.28. The van der Waals surface area contributed by atoms with Crippen molar-refractivity contribution in [1.29, 1.82) is 0 Å². The van der Waals surface area contributed by atoms with E-state index >= 15 is 0 Å². The van der Waals surface area contributed by atoms with Gasteiger partial charge in [-0.25, -0.2) is 23.1 Å². The van der Waals surface area contributed by atoms with E-state index in [9.17, 15) is 4.79 Å². The lowest BCUT2D eigenvalue weighted by atomic mass is 10.1. The molecule has 1 aromatic carbocycles. The van der Waals surface area contributed by atoms with E-state index in [-0.39, 0.29) is 5.91 Å². The molecule has 1 amide bonds. The minimum atomic E-state index is -4.94. The molecule has 2 heterocycles. The Balaban J connectivity index is 0.000000338. The van der Waals surface area contributed by atoms with Crippen molar-refractivity contribution in [3.63, 3.8) is 0 Å². The summed E-state index contributed by atoms with van der Waals surface area (Å²) < 4.78 is 39.7. The van der Waals surface area contributed by atoms with Crippen molar-refractivity contribution in [2.75, 3.05) is 6.54 Å². The van der Waals surface area contributed by atoms with E-state index in [0.29, 0.717) is 12.3 Å². The standard InChI is InChI=1S/C15H13NO2.ClHO4/c17-15-14-12(7-4-10-16-15)8-9-13(18-14)11-5-2-1-3-6-11;2-1(3,4)5/h1-3,5-6,8-9H,4,7,10H2;(H,2,3,4,5). The Morgan fingerprint density at radius 1 is 1.00 bits per heavy atom. The first-order valence-corrected chi connectivity index (χ1v) is 7.99. The summed E-state index contributed by atoms with van der Waals surface area (Å²) in [7, 11) is -4.94. The smallest absolute Gasteiger partial charge is 0.344 e. The Morgan fingerprint density at radius 3 is 2.30 bits per heavy atom. The minimum Gasteiger partial charge on any atom is -0.344 e. The van der Waals surface area contributed by atoms with Crippen molar-refractivity contribution in [3.8, 4) is 11.3 Å². The van der Waals surface area contributed by atoms with Crippen molar-refractivity contribution in [3.05, 3.63) is 53.8 Å². The first kappa shape index (κ1) is 17.3. The zero-order valence-corrected chi connectivity index (χ0v) is 12.7. The number of rotatable bonds is 1. The quantitative estimate of drug-likeness (QED) is 0.606. The zero-order chi connectivity index (χ0) is 16.9. The Kier molecular flexibility index (Phi) is 5.64. The normalized spacial score (nSPS) is 14.0. The van der Waals surface area contributed by atoms with E-state index in [1.54, 1.807) is 0 Å². The summed E-state index contributed by atoms with van der Waals surface area (Å²) in [4.78, 5) is 11.9. The molecule has 0 saturated carbocycles. The van der Waals surface area contributed by atoms with Crippen LogP contribution < -0.4 is 24.0 Å². The van der Waals surface area contributed by atoms with Gasteiger partial charge in [0.1, 0.15) is 0 Å². The van der Waals surface area contributed by atoms with E-state index in [1.165, 1.54) is 0 Å². The predicted octanol–water partition coefficient (Wildman–Crippen LogP) is -1.85. The predicted molar refractivity (Wildman–Crippen MR) is 69.2 cm³/mol. The average Bonchev–Trinajstić information content (AvgIpc) is 2.68. The average molecular weight is 340 g/mol. The number of benzene rings is 1. The Labute approximate surface area is 134 Å². The van der Waals surface area contributed by atoms with Gasteiger partial charge in [0.15, 0.2) is 0 Å². The third-order valence-electron chi connectivity index (χ3n) is 3.11. The maximum absolute atomic E-state index is 11.9. The molecule has 0 atom stereocenters. The van der Waals surface area contributed by atoms with Gasteiger partial charge in [-0.05, 0) is 31.0 Å². The Morgan fingerprint density at radius 2 is 1.65 bits per heavy atom. The fourth-order valence-corrected chi connectivity index (χ4v) is 2.17. The van der Waals surface area contributed by atoms with Crippen molar-refractivity contribution in [2.45, 2.75) is 12.8 Å². The molecule has 0 saturated heterocycles. The van der Waals surface area contributed by atoms with Gasteiger partial charge in [0.2, 0.25) is 0 Å². The third kappa shape index (κ3) is 5.59. The second-order valence-electron chi connectivity index (χ2n) is 4.76. The van der Waals surface area contributed by atoms with Crippen LogP contribution in [0.5, 0.6) is 0 Å². The largest absolute Gasteiger partial charge is 0.420 e. The highest BCUT2D eigenvalue weighted by molar-refractivity contribution is 5.93. The van der Waals surface area contributed by atoms with Crippen molar-refractivity contribution >= 4 is 5.91 Å². The molecule has 0 spiro atoms. The summed E-state index contributed by atoms with van der Waals surface area (Å²) in [5, 5.41) is 2.85. The molecule has 0 unspecified atom stereocenters. The summed E-state index contributed by atoms with van der Waals surface area (Å²) in [6.07, 6.45) is 1.84. The van der Waals surface area contributed by atoms with E-state index < -0.39 is 10.2 Å². The van der Waals surface area contributed by atoms with Crippen LogP contribution in [-0.4, -0.2) is 12.5 Å². The van der Waals surface area contributed by atoms with Gasteiger partial charge in [-0.3, -0.25) is 4.79 Å². The lowest BCUT2D eigenvalue weighted by molar-refractivity contribution is -2.00. The van der Waals surface area contributed by atoms with Crippen LogP contribution in [0.15, 0.2) is 46.9 Å². The maximum Gasteiger partial charge on any atom is 0.420 e. The Bertz CT molecular complexity index is 665. The van der Waals surface area contributed by atoms with Crippen molar-refractivity contribution < 1.29 is 38.1 Å². The third-order valence-corrected chi connectivity index (χ3v) is 3.11. The molecule has 1 aliphatic rings. The summed E-state index contributed by atoms with van der Waals surface area (Å²) in [5.74, 6) is 1.07. The van der Waals surface area contributed by atoms with E-state index in [0.717, 1.165) is 29.7 Å².